The normalized spacial score (nSPS) is 24.3. The van der Waals surface area contributed by atoms with Crippen molar-refractivity contribution in [1.29, 1.82) is 0 Å². The third-order valence-electron chi connectivity index (χ3n) is 3.19. The number of carboxylic acid groups (broad SMARTS) is 2. The minimum Gasteiger partial charge on any atom is -0.480 e. The fourth-order valence-corrected chi connectivity index (χ4v) is 2.27. The maximum atomic E-state index is 10.9. The van der Waals surface area contributed by atoms with Gasteiger partial charge in [-0.3, -0.25) is 9.79 Å². The van der Waals surface area contributed by atoms with Gasteiger partial charge in [-0.15, -0.1) is 0 Å². The summed E-state index contributed by atoms with van der Waals surface area (Å²) in [4.78, 5) is 25.5. The van der Waals surface area contributed by atoms with E-state index in [9.17, 15) is 9.59 Å². The summed E-state index contributed by atoms with van der Waals surface area (Å²) in [5.74, 6) is -2.17. The van der Waals surface area contributed by atoms with E-state index >= 15 is 0 Å². The number of nitrogens with one attached hydrogen (secondary N) is 1. The Labute approximate surface area is 130 Å². The van der Waals surface area contributed by atoms with Crippen LogP contribution in [0, 0.1) is 0 Å². The van der Waals surface area contributed by atoms with Gasteiger partial charge in [0.15, 0.2) is 6.04 Å². The Hall–Kier alpha value is -1.51. The van der Waals surface area contributed by atoms with E-state index in [4.69, 9.17) is 20.1 Å². The van der Waals surface area contributed by atoms with E-state index in [0.717, 1.165) is 12.8 Å². The lowest BCUT2D eigenvalue weighted by Gasteiger charge is -2.32. The van der Waals surface area contributed by atoms with Crippen molar-refractivity contribution in [2.75, 3.05) is 20.3 Å². The van der Waals surface area contributed by atoms with Crippen LogP contribution in [0.3, 0.4) is 0 Å². The number of aliphatic imine (C=N–C) groups is 1. The van der Waals surface area contributed by atoms with Gasteiger partial charge in [-0.2, -0.15) is 0 Å². The van der Waals surface area contributed by atoms with Gasteiger partial charge in [0.1, 0.15) is 6.10 Å². The molecule has 0 amide bonds. The molecule has 0 radical (unpaired) electrons. The highest BCUT2D eigenvalue weighted by atomic mass is 16.5. The van der Waals surface area contributed by atoms with Gasteiger partial charge in [-0.25, -0.2) is 4.79 Å². The molecule has 22 heavy (non-hydrogen) atoms. The van der Waals surface area contributed by atoms with Crippen LogP contribution in [0.5, 0.6) is 0 Å². The zero-order chi connectivity index (χ0) is 17.1. The lowest BCUT2D eigenvalue weighted by atomic mass is 9.90. The summed E-state index contributed by atoms with van der Waals surface area (Å²) in [6.07, 6.45) is 1.58. The Balaban J connectivity index is 0.00000211. The van der Waals surface area contributed by atoms with Crippen molar-refractivity contribution < 1.29 is 29.6 Å². The SMILES string of the molecule is CC.COC1C(=NC(CO)C(=O)O)CCCC1NCC(=O)O. The first-order valence-electron chi connectivity index (χ1n) is 7.37. The van der Waals surface area contributed by atoms with E-state index in [1.165, 1.54) is 7.11 Å². The van der Waals surface area contributed by atoms with Gasteiger partial charge in [0.25, 0.3) is 0 Å². The number of carbonyl (C=O) groups is 2. The second-order valence-corrected chi connectivity index (χ2v) is 4.59. The highest BCUT2D eigenvalue weighted by Gasteiger charge is 2.31. The molecule has 0 aromatic rings. The number of aliphatic hydroxyl groups excluding tert-OH is 1. The molecule has 1 rings (SSSR count). The summed E-state index contributed by atoms with van der Waals surface area (Å²) < 4.78 is 5.31. The molecule has 8 heteroatoms. The van der Waals surface area contributed by atoms with Gasteiger partial charge in [-0.1, -0.05) is 13.8 Å². The monoisotopic (exact) mass is 318 g/mol. The molecular formula is C14H26N2O6. The van der Waals surface area contributed by atoms with Crippen LogP contribution in [0.2, 0.25) is 0 Å². The summed E-state index contributed by atoms with van der Waals surface area (Å²) >= 11 is 0. The van der Waals surface area contributed by atoms with Crippen molar-refractivity contribution in [3.05, 3.63) is 0 Å². The highest BCUT2D eigenvalue weighted by molar-refractivity contribution is 5.92. The minimum atomic E-state index is -1.21. The Kier molecular flexibility index (Phi) is 10.3. The van der Waals surface area contributed by atoms with Crippen LogP contribution >= 0.6 is 0 Å². The Morgan fingerprint density at radius 1 is 1.41 bits per heavy atom. The van der Waals surface area contributed by atoms with Crippen molar-refractivity contribution in [2.24, 2.45) is 4.99 Å². The molecule has 0 aromatic carbocycles. The number of nitrogens with zero attached hydrogens (tertiary/aromatic N) is 1. The summed E-state index contributed by atoms with van der Waals surface area (Å²) in [5, 5.41) is 29.4. The molecule has 0 bridgehead atoms. The number of aliphatic carboxylic acids is 2. The molecule has 128 valence electrons. The molecule has 0 spiro atoms. The zero-order valence-electron chi connectivity index (χ0n) is 13.3. The fourth-order valence-electron chi connectivity index (χ4n) is 2.27. The second-order valence-electron chi connectivity index (χ2n) is 4.59. The minimum absolute atomic E-state index is 0.194. The van der Waals surface area contributed by atoms with Crippen molar-refractivity contribution >= 4 is 17.7 Å². The van der Waals surface area contributed by atoms with Crippen molar-refractivity contribution in [3.8, 4) is 0 Å². The van der Waals surface area contributed by atoms with Gasteiger partial charge >= 0.3 is 11.9 Å². The third-order valence-corrected chi connectivity index (χ3v) is 3.19. The summed E-state index contributed by atoms with van der Waals surface area (Å²) in [5.41, 5.74) is 0.545. The van der Waals surface area contributed by atoms with Crippen LogP contribution in [0.1, 0.15) is 33.1 Å². The number of rotatable bonds is 7. The Bertz CT molecular complexity index is 386. The van der Waals surface area contributed by atoms with E-state index in [0.29, 0.717) is 12.1 Å². The third kappa shape index (κ3) is 6.50. The van der Waals surface area contributed by atoms with E-state index in [-0.39, 0.29) is 12.6 Å². The lowest BCUT2D eigenvalue weighted by Crippen LogP contribution is -2.50. The summed E-state index contributed by atoms with van der Waals surface area (Å²) in [6, 6.07) is -1.43. The number of hydrogen-bond acceptors (Lipinski definition) is 6. The first-order chi connectivity index (χ1) is 10.5. The van der Waals surface area contributed by atoms with Crippen LogP contribution in [0.15, 0.2) is 4.99 Å². The van der Waals surface area contributed by atoms with Crippen molar-refractivity contribution in [2.45, 2.75) is 51.3 Å². The Morgan fingerprint density at radius 2 is 2.05 bits per heavy atom. The first-order valence-corrected chi connectivity index (χ1v) is 7.37. The predicted octanol–water partition coefficient (Wildman–Crippen LogP) is 0.141. The number of aliphatic hydroxyl groups is 1. The molecular weight excluding hydrogens is 292 g/mol. The smallest absolute Gasteiger partial charge is 0.330 e. The standard InChI is InChI=1S/C12H20N2O6.C2H6/c1-20-11-7(13-5-10(16)17)3-2-4-8(11)14-9(6-15)12(18)19;1-2/h7,9,11,13,15H,2-6H2,1H3,(H,16,17)(H,18,19);1-2H3. The van der Waals surface area contributed by atoms with E-state index in [1.54, 1.807) is 0 Å². The highest BCUT2D eigenvalue weighted by Crippen LogP contribution is 2.20. The zero-order valence-corrected chi connectivity index (χ0v) is 13.3. The van der Waals surface area contributed by atoms with Crippen LogP contribution in [0.4, 0.5) is 0 Å². The number of hydrogen-bond donors (Lipinski definition) is 4. The molecule has 1 saturated carbocycles. The maximum Gasteiger partial charge on any atom is 0.330 e. The first kappa shape index (κ1) is 20.5. The fraction of sp³-hybridized carbons (Fsp3) is 0.786. The van der Waals surface area contributed by atoms with Gasteiger partial charge in [0.05, 0.1) is 13.2 Å². The topological polar surface area (TPSA) is 128 Å². The summed E-state index contributed by atoms with van der Waals surface area (Å²) in [6.45, 7) is 3.22. The molecule has 3 atom stereocenters. The predicted molar refractivity (Wildman–Crippen MR) is 81.4 cm³/mol. The molecule has 0 heterocycles. The number of carboxylic acids is 2. The van der Waals surface area contributed by atoms with Crippen LogP contribution in [-0.4, -0.2) is 71.4 Å². The quantitative estimate of drug-likeness (QED) is 0.525. The molecule has 1 aliphatic rings. The molecule has 3 unspecified atom stereocenters. The molecule has 1 aliphatic carbocycles. The molecule has 0 aromatic heterocycles. The lowest BCUT2D eigenvalue weighted by molar-refractivity contribution is -0.139. The van der Waals surface area contributed by atoms with E-state index in [2.05, 4.69) is 10.3 Å². The average Bonchev–Trinajstić information content (AvgIpc) is 2.51. The Morgan fingerprint density at radius 3 is 2.50 bits per heavy atom. The van der Waals surface area contributed by atoms with Crippen molar-refractivity contribution in [3.63, 3.8) is 0 Å². The largest absolute Gasteiger partial charge is 0.480 e. The van der Waals surface area contributed by atoms with Gasteiger partial charge in [-0.05, 0) is 19.3 Å². The molecule has 0 saturated heterocycles. The molecule has 1 fully saturated rings. The van der Waals surface area contributed by atoms with Crippen molar-refractivity contribution in [1.82, 2.24) is 5.32 Å². The molecule has 8 nitrogen and oxygen atoms in total. The number of ether oxygens (including phenoxy) is 1. The number of methoxy groups -OCH3 is 1. The molecule has 4 N–H and O–H groups in total. The van der Waals surface area contributed by atoms with Crippen LogP contribution < -0.4 is 5.32 Å². The van der Waals surface area contributed by atoms with Gasteiger partial charge < -0.3 is 25.4 Å². The van der Waals surface area contributed by atoms with E-state index < -0.39 is 30.7 Å². The van der Waals surface area contributed by atoms with E-state index in [1.807, 2.05) is 13.8 Å². The van der Waals surface area contributed by atoms with Crippen LogP contribution in [0.25, 0.3) is 0 Å². The summed E-state index contributed by atoms with van der Waals surface area (Å²) in [7, 11) is 1.47. The molecule has 0 aliphatic heterocycles. The van der Waals surface area contributed by atoms with Gasteiger partial charge in [0.2, 0.25) is 0 Å². The van der Waals surface area contributed by atoms with Gasteiger partial charge in [0, 0.05) is 18.9 Å². The second kappa shape index (κ2) is 11.1. The maximum absolute atomic E-state index is 10.9. The van der Waals surface area contributed by atoms with Crippen LogP contribution in [-0.2, 0) is 14.3 Å². The average molecular weight is 318 g/mol.